The summed E-state index contributed by atoms with van der Waals surface area (Å²) in [4.78, 5) is 16.0. The summed E-state index contributed by atoms with van der Waals surface area (Å²) in [5.41, 5.74) is 1.47. The van der Waals surface area contributed by atoms with Gasteiger partial charge in [-0.2, -0.15) is 0 Å². The van der Waals surface area contributed by atoms with E-state index in [0.717, 1.165) is 10.8 Å². The number of halogens is 1. The fourth-order valence-electron chi connectivity index (χ4n) is 1.59. The number of rotatable bonds is 5. The molecule has 6 heteroatoms. The number of amides is 1. The SMILES string of the molecule is CNc1nc(CNC(=O)Cc2cccc(F)c2)cs1. The number of nitrogens with zero attached hydrogens (tertiary/aromatic N) is 1. The van der Waals surface area contributed by atoms with Crippen LogP contribution in [0.1, 0.15) is 11.3 Å². The van der Waals surface area contributed by atoms with E-state index >= 15 is 0 Å². The third-order valence-corrected chi connectivity index (χ3v) is 3.39. The van der Waals surface area contributed by atoms with Gasteiger partial charge < -0.3 is 10.6 Å². The third-order valence-electron chi connectivity index (χ3n) is 2.49. The standard InChI is InChI=1S/C13H14FN3OS/c1-15-13-17-11(8-19-13)7-16-12(18)6-9-3-2-4-10(14)5-9/h2-5,8H,6-7H2,1H3,(H,15,17)(H,16,18). The number of benzene rings is 1. The van der Waals surface area contributed by atoms with Crippen molar-refractivity contribution in [2.45, 2.75) is 13.0 Å². The van der Waals surface area contributed by atoms with Gasteiger partial charge in [0, 0.05) is 12.4 Å². The van der Waals surface area contributed by atoms with Gasteiger partial charge in [0.15, 0.2) is 5.13 Å². The van der Waals surface area contributed by atoms with Crippen LogP contribution in [-0.2, 0) is 17.8 Å². The van der Waals surface area contributed by atoms with Crippen molar-refractivity contribution in [2.24, 2.45) is 0 Å². The van der Waals surface area contributed by atoms with Gasteiger partial charge in [-0.15, -0.1) is 11.3 Å². The van der Waals surface area contributed by atoms with Gasteiger partial charge in [0.25, 0.3) is 0 Å². The zero-order valence-electron chi connectivity index (χ0n) is 10.4. The highest BCUT2D eigenvalue weighted by molar-refractivity contribution is 7.13. The predicted molar refractivity (Wildman–Crippen MR) is 73.6 cm³/mol. The first-order valence-corrected chi connectivity index (χ1v) is 6.68. The van der Waals surface area contributed by atoms with Crippen molar-refractivity contribution < 1.29 is 9.18 Å². The summed E-state index contributed by atoms with van der Waals surface area (Å²) >= 11 is 1.48. The maximum Gasteiger partial charge on any atom is 0.224 e. The first kappa shape index (κ1) is 13.5. The van der Waals surface area contributed by atoms with Gasteiger partial charge in [0.05, 0.1) is 18.7 Å². The number of hydrogen-bond donors (Lipinski definition) is 2. The van der Waals surface area contributed by atoms with Crippen LogP contribution in [0.15, 0.2) is 29.6 Å². The smallest absolute Gasteiger partial charge is 0.224 e. The Morgan fingerprint density at radius 3 is 3.00 bits per heavy atom. The number of nitrogens with one attached hydrogen (secondary N) is 2. The molecule has 1 amide bonds. The molecule has 1 heterocycles. The molecule has 0 atom stereocenters. The number of anilines is 1. The zero-order chi connectivity index (χ0) is 13.7. The third kappa shape index (κ3) is 4.03. The van der Waals surface area contributed by atoms with E-state index in [1.807, 2.05) is 5.38 Å². The van der Waals surface area contributed by atoms with E-state index in [2.05, 4.69) is 15.6 Å². The van der Waals surface area contributed by atoms with Crippen molar-refractivity contribution in [1.82, 2.24) is 10.3 Å². The molecule has 0 unspecified atom stereocenters. The molecule has 1 aromatic heterocycles. The summed E-state index contributed by atoms with van der Waals surface area (Å²) in [7, 11) is 1.80. The maximum absolute atomic E-state index is 13.0. The van der Waals surface area contributed by atoms with Crippen LogP contribution in [0.3, 0.4) is 0 Å². The molecule has 0 radical (unpaired) electrons. The summed E-state index contributed by atoms with van der Waals surface area (Å²) in [6, 6.07) is 6.04. The normalized spacial score (nSPS) is 10.2. The Labute approximate surface area is 114 Å². The van der Waals surface area contributed by atoms with Crippen LogP contribution in [0.5, 0.6) is 0 Å². The molecule has 0 saturated carbocycles. The van der Waals surface area contributed by atoms with Gasteiger partial charge in [0.1, 0.15) is 5.82 Å². The monoisotopic (exact) mass is 279 g/mol. The van der Waals surface area contributed by atoms with E-state index < -0.39 is 0 Å². The zero-order valence-corrected chi connectivity index (χ0v) is 11.3. The van der Waals surface area contributed by atoms with Crippen LogP contribution >= 0.6 is 11.3 Å². The number of aromatic nitrogens is 1. The lowest BCUT2D eigenvalue weighted by molar-refractivity contribution is -0.120. The highest BCUT2D eigenvalue weighted by Gasteiger charge is 2.06. The van der Waals surface area contributed by atoms with Gasteiger partial charge in [-0.1, -0.05) is 12.1 Å². The van der Waals surface area contributed by atoms with Crippen molar-refractivity contribution in [3.8, 4) is 0 Å². The van der Waals surface area contributed by atoms with Crippen LogP contribution in [0.25, 0.3) is 0 Å². The van der Waals surface area contributed by atoms with Crippen molar-refractivity contribution in [3.63, 3.8) is 0 Å². The van der Waals surface area contributed by atoms with Gasteiger partial charge in [-0.3, -0.25) is 4.79 Å². The second kappa shape index (κ2) is 6.29. The second-order valence-electron chi connectivity index (χ2n) is 3.98. The molecular formula is C13H14FN3OS. The molecule has 0 aliphatic rings. The van der Waals surface area contributed by atoms with E-state index in [9.17, 15) is 9.18 Å². The van der Waals surface area contributed by atoms with Crippen LogP contribution in [-0.4, -0.2) is 17.9 Å². The van der Waals surface area contributed by atoms with Crippen LogP contribution in [0, 0.1) is 5.82 Å². The molecule has 0 spiro atoms. The summed E-state index contributed by atoms with van der Waals surface area (Å²) in [5.74, 6) is -0.479. The molecule has 0 aliphatic carbocycles. The average molecular weight is 279 g/mol. The molecule has 2 rings (SSSR count). The van der Waals surface area contributed by atoms with Gasteiger partial charge in [-0.05, 0) is 17.7 Å². The number of hydrogen-bond acceptors (Lipinski definition) is 4. The van der Waals surface area contributed by atoms with E-state index in [-0.39, 0.29) is 18.1 Å². The molecule has 0 fully saturated rings. The van der Waals surface area contributed by atoms with Crippen molar-refractivity contribution >= 4 is 22.4 Å². The van der Waals surface area contributed by atoms with Gasteiger partial charge in [-0.25, -0.2) is 9.37 Å². The molecule has 1 aromatic carbocycles. The quantitative estimate of drug-likeness (QED) is 0.882. The molecule has 4 nitrogen and oxygen atoms in total. The Bertz CT molecular complexity index is 571. The van der Waals surface area contributed by atoms with E-state index in [1.165, 1.54) is 23.5 Å². The summed E-state index contributed by atoms with van der Waals surface area (Å²) in [6.07, 6.45) is 0.167. The minimum absolute atomic E-state index is 0.149. The molecule has 2 N–H and O–H groups in total. The number of carbonyl (C=O) groups is 1. The number of carbonyl (C=O) groups excluding carboxylic acids is 1. The Morgan fingerprint density at radius 2 is 2.32 bits per heavy atom. The first-order valence-electron chi connectivity index (χ1n) is 5.80. The van der Waals surface area contributed by atoms with E-state index in [4.69, 9.17) is 0 Å². The Morgan fingerprint density at radius 1 is 1.47 bits per heavy atom. The molecule has 0 aliphatic heterocycles. The Balaban J connectivity index is 1.84. The Kier molecular flexibility index (Phi) is 4.46. The van der Waals surface area contributed by atoms with Crippen molar-refractivity contribution in [3.05, 3.63) is 46.7 Å². The molecular weight excluding hydrogens is 265 g/mol. The molecule has 0 bridgehead atoms. The fraction of sp³-hybridized carbons (Fsp3) is 0.231. The van der Waals surface area contributed by atoms with Gasteiger partial charge in [0.2, 0.25) is 5.91 Å². The molecule has 2 aromatic rings. The van der Waals surface area contributed by atoms with Crippen molar-refractivity contribution in [1.29, 1.82) is 0 Å². The maximum atomic E-state index is 13.0. The van der Waals surface area contributed by atoms with E-state index in [1.54, 1.807) is 19.2 Å². The number of thiazole rings is 1. The van der Waals surface area contributed by atoms with Crippen molar-refractivity contribution in [2.75, 3.05) is 12.4 Å². The Hall–Kier alpha value is -1.95. The molecule has 19 heavy (non-hydrogen) atoms. The lowest BCUT2D eigenvalue weighted by atomic mass is 10.1. The minimum atomic E-state index is -0.330. The van der Waals surface area contributed by atoms with Gasteiger partial charge >= 0.3 is 0 Å². The average Bonchev–Trinajstić information content (AvgIpc) is 2.84. The fourth-order valence-corrected chi connectivity index (χ4v) is 2.26. The first-order chi connectivity index (χ1) is 9.17. The predicted octanol–water partition coefficient (Wildman–Crippen LogP) is 2.18. The minimum Gasteiger partial charge on any atom is -0.365 e. The van der Waals surface area contributed by atoms with Crippen LogP contribution in [0.2, 0.25) is 0 Å². The highest BCUT2D eigenvalue weighted by Crippen LogP contribution is 2.14. The van der Waals surface area contributed by atoms with Crippen LogP contribution in [0.4, 0.5) is 9.52 Å². The van der Waals surface area contributed by atoms with Crippen LogP contribution < -0.4 is 10.6 Å². The molecule has 100 valence electrons. The topological polar surface area (TPSA) is 54.0 Å². The second-order valence-corrected chi connectivity index (χ2v) is 4.84. The lowest BCUT2D eigenvalue weighted by Crippen LogP contribution is -2.24. The lowest BCUT2D eigenvalue weighted by Gasteiger charge is -2.03. The summed E-state index contributed by atoms with van der Waals surface area (Å²) < 4.78 is 13.0. The summed E-state index contributed by atoms with van der Waals surface area (Å²) in [6.45, 7) is 0.381. The largest absolute Gasteiger partial charge is 0.365 e. The van der Waals surface area contributed by atoms with E-state index in [0.29, 0.717) is 12.1 Å². The molecule has 0 saturated heterocycles. The highest BCUT2D eigenvalue weighted by atomic mass is 32.1. The summed E-state index contributed by atoms with van der Waals surface area (Å²) in [5, 5.41) is 8.39.